The Morgan fingerprint density at radius 2 is 1.69 bits per heavy atom. The molecule has 1 heterocycles. The molecule has 26 heavy (non-hydrogen) atoms. The highest BCUT2D eigenvalue weighted by atomic mass is 32.2. The molecule has 136 valence electrons. The minimum absolute atomic E-state index is 0.104. The molecule has 1 aromatic heterocycles. The lowest BCUT2D eigenvalue weighted by molar-refractivity contribution is 0.102. The molecule has 0 aliphatic heterocycles. The summed E-state index contributed by atoms with van der Waals surface area (Å²) in [5.41, 5.74) is 1.31. The standard InChI is InChI=1S/C18H20N4O3S/c1-18(2,3)22-26(24,25)13-10-8-12(9-11-13)16(23)21-17-19-14-6-4-5-7-15(14)20-17/h4-11,22H,1-3H3,(H2,19,20,21,23). The maximum Gasteiger partial charge on any atom is 0.257 e. The Morgan fingerprint density at radius 1 is 1.04 bits per heavy atom. The number of carbonyl (C=O) groups excluding carboxylic acids is 1. The van der Waals surface area contributed by atoms with Crippen LogP contribution in [0.1, 0.15) is 31.1 Å². The van der Waals surface area contributed by atoms with E-state index in [2.05, 4.69) is 20.0 Å². The summed E-state index contributed by atoms with van der Waals surface area (Å²) in [4.78, 5) is 19.7. The number of carbonyl (C=O) groups is 1. The number of aromatic amines is 1. The van der Waals surface area contributed by atoms with Gasteiger partial charge in [-0.05, 0) is 57.2 Å². The number of para-hydroxylation sites is 2. The molecule has 0 aliphatic rings. The number of H-pyrrole nitrogens is 1. The largest absolute Gasteiger partial charge is 0.324 e. The zero-order valence-corrected chi connectivity index (χ0v) is 15.5. The average molecular weight is 372 g/mol. The number of benzene rings is 2. The summed E-state index contributed by atoms with van der Waals surface area (Å²) in [7, 11) is -3.64. The Morgan fingerprint density at radius 3 is 2.31 bits per heavy atom. The molecule has 3 aromatic rings. The molecule has 7 nitrogen and oxygen atoms in total. The van der Waals surface area contributed by atoms with Crippen molar-refractivity contribution in [2.45, 2.75) is 31.2 Å². The predicted molar refractivity (Wildman–Crippen MR) is 101 cm³/mol. The smallest absolute Gasteiger partial charge is 0.257 e. The predicted octanol–water partition coefficient (Wildman–Crippen LogP) is 2.89. The third-order valence-electron chi connectivity index (χ3n) is 3.49. The molecule has 2 aromatic carbocycles. The Labute approximate surface area is 151 Å². The maximum atomic E-state index is 12.3. The van der Waals surface area contributed by atoms with Crippen molar-refractivity contribution in [2.75, 3.05) is 5.32 Å². The van der Waals surface area contributed by atoms with Gasteiger partial charge >= 0.3 is 0 Å². The number of amides is 1. The highest BCUT2D eigenvalue weighted by Gasteiger charge is 2.22. The van der Waals surface area contributed by atoms with Gasteiger partial charge in [0, 0.05) is 11.1 Å². The SMILES string of the molecule is CC(C)(C)NS(=O)(=O)c1ccc(C(=O)Nc2nc3ccccc3[nH]2)cc1. The average Bonchev–Trinajstić information content (AvgIpc) is 2.95. The first-order valence-corrected chi connectivity index (χ1v) is 9.52. The summed E-state index contributed by atoms with van der Waals surface area (Å²) < 4.78 is 27.2. The molecule has 0 radical (unpaired) electrons. The van der Waals surface area contributed by atoms with Crippen LogP contribution in [0.4, 0.5) is 5.95 Å². The Bertz CT molecular complexity index is 1010. The van der Waals surface area contributed by atoms with Crippen LogP contribution in [0.15, 0.2) is 53.4 Å². The van der Waals surface area contributed by atoms with Crippen LogP contribution in [0.3, 0.4) is 0 Å². The normalized spacial score (nSPS) is 12.3. The summed E-state index contributed by atoms with van der Waals surface area (Å²) >= 11 is 0. The van der Waals surface area contributed by atoms with Crippen molar-refractivity contribution in [3.8, 4) is 0 Å². The number of nitrogens with zero attached hydrogens (tertiary/aromatic N) is 1. The molecular formula is C18H20N4O3S. The van der Waals surface area contributed by atoms with Crippen LogP contribution in [0.5, 0.6) is 0 Å². The molecule has 0 atom stereocenters. The number of imidazole rings is 1. The number of nitrogens with one attached hydrogen (secondary N) is 3. The quantitative estimate of drug-likeness (QED) is 0.655. The number of anilines is 1. The van der Waals surface area contributed by atoms with Crippen molar-refractivity contribution in [3.63, 3.8) is 0 Å². The van der Waals surface area contributed by atoms with Crippen LogP contribution in [0, 0.1) is 0 Å². The van der Waals surface area contributed by atoms with Gasteiger partial charge in [-0.3, -0.25) is 10.1 Å². The first-order valence-electron chi connectivity index (χ1n) is 8.04. The van der Waals surface area contributed by atoms with Crippen LogP contribution in [-0.2, 0) is 10.0 Å². The summed E-state index contributed by atoms with van der Waals surface area (Å²) in [6.07, 6.45) is 0. The fourth-order valence-electron chi connectivity index (χ4n) is 2.44. The van der Waals surface area contributed by atoms with Gasteiger partial charge < -0.3 is 4.98 Å². The number of fused-ring (bicyclic) bond motifs is 1. The monoisotopic (exact) mass is 372 g/mol. The zero-order chi connectivity index (χ0) is 18.9. The van der Waals surface area contributed by atoms with Gasteiger partial charge in [0.15, 0.2) is 0 Å². The highest BCUT2D eigenvalue weighted by Crippen LogP contribution is 2.16. The fraction of sp³-hybridized carbons (Fsp3) is 0.222. The number of hydrogen-bond acceptors (Lipinski definition) is 4. The second kappa shape index (κ2) is 6.54. The molecule has 8 heteroatoms. The van der Waals surface area contributed by atoms with E-state index in [-0.39, 0.29) is 10.8 Å². The molecule has 0 spiro atoms. The van der Waals surface area contributed by atoms with Crippen LogP contribution >= 0.6 is 0 Å². The van der Waals surface area contributed by atoms with Gasteiger partial charge in [-0.1, -0.05) is 12.1 Å². The van der Waals surface area contributed by atoms with Gasteiger partial charge in [-0.15, -0.1) is 0 Å². The number of aromatic nitrogens is 2. The number of hydrogen-bond donors (Lipinski definition) is 3. The highest BCUT2D eigenvalue weighted by molar-refractivity contribution is 7.89. The molecule has 0 unspecified atom stereocenters. The molecule has 3 rings (SSSR count). The van der Waals surface area contributed by atoms with E-state index in [1.165, 1.54) is 24.3 Å². The Hall–Kier alpha value is -2.71. The second-order valence-corrected chi connectivity index (χ2v) is 8.62. The van der Waals surface area contributed by atoms with Crippen molar-refractivity contribution in [1.29, 1.82) is 0 Å². The van der Waals surface area contributed by atoms with Gasteiger partial charge in [-0.2, -0.15) is 0 Å². The summed E-state index contributed by atoms with van der Waals surface area (Å²) in [6, 6.07) is 13.2. The topological polar surface area (TPSA) is 104 Å². The zero-order valence-electron chi connectivity index (χ0n) is 14.7. The van der Waals surface area contributed by atoms with Gasteiger partial charge in [0.05, 0.1) is 15.9 Å². The lowest BCUT2D eigenvalue weighted by Crippen LogP contribution is -2.40. The van der Waals surface area contributed by atoms with Crippen LogP contribution in [0.25, 0.3) is 11.0 Å². The first kappa shape index (κ1) is 18.1. The van der Waals surface area contributed by atoms with Crippen molar-refractivity contribution in [3.05, 3.63) is 54.1 Å². The molecular weight excluding hydrogens is 352 g/mol. The van der Waals surface area contributed by atoms with Crippen molar-refractivity contribution >= 4 is 32.9 Å². The van der Waals surface area contributed by atoms with E-state index in [0.29, 0.717) is 11.5 Å². The fourth-order valence-corrected chi connectivity index (χ4v) is 3.86. The van der Waals surface area contributed by atoms with Gasteiger partial charge in [0.25, 0.3) is 5.91 Å². The molecule has 0 bridgehead atoms. The molecule has 0 saturated carbocycles. The van der Waals surface area contributed by atoms with E-state index in [9.17, 15) is 13.2 Å². The number of sulfonamides is 1. The van der Waals surface area contributed by atoms with E-state index in [0.717, 1.165) is 11.0 Å². The lowest BCUT2D eigenvalue weighted by atomic mass is 10.1. The van der Waals surface area contributed by atoms with Gasteiger partial charge in [0.2, 0.25) is 16.0 Å². The van der Waals surface area contributed by atoms with E-state index >= 15 is 0 Å². The molecule has 3 N–H and O–H groups in total. The van der Waals surface area contributed by atoms with E-state index < -0.39 is 15.6 Å². The van der Waals surface area contributed by atoms with Crippen molar-refractivity contribution in [2.24, 2.45) is 0 Å². The van der Waals surface area contributed by atoms with Crippen LogP contribution in [-0.4, -0.2) is 29.8 Å². The van der Waals surface area contributed by atoms with Crippen molar-refractivity contribution in [1.82, 2.24) is 14.7 Å². The first-order chi connectivity index (χ1) is 12.1. The van der Waals surface area contributed by atoms with Crippen LogP contribution in [0.2, 0.25) is 0 Å². The number of rotatable bonds is 4. The third kappa shape index (κ3) is 4.09. The summed E-state index contributed by atoms with van der Waals surface area (Å²) in [5.74, 6) is -0.0425. The molecule has 0 fully saturated rings. The Kier molecular flexibility index (Phi) is 4.55. The molecule has 0 aliphatic carbocycles. The summed E-state index contributed by atoms with van der Waals surface area (Å²) in [5, 5.41) is 2.67. The second-order valence-electron chi connectivity index (χ2n) is 6.94. The third-order valence-corrected chi connectivity index (χ3v) is 5.26. The maximum absolute atomic E-state index is 12.3. The lowest BCUT2D eigenvalue weighted by Gasteiger charge is -2.20. The van der Waals surface area contributed by atoms with E-state index in [1.807, 2.05) is 24.3 Å². The minimum atomic E-state index is -3.64. The van der Waals surface area contributed by atoms with Crippen LogP contribution < -0.4 is 10.0 Å². The van der Waals surface area contributed by atoms with E-state index in [4.69, 9.17) is 0 Å². The molecule has 0 saturated heterocycles. The van der Waals surface area contributed by atoms with E-state index in [1.54, 1.807) is 20.8 Å². The van der Waals surface area contributed by atoms with Gasteiger partial charge in [0.1, 0.15) is 0 Å². The minimum Gasteiger partial charge on any atom is -0.324 e. The van der Waals surface area contributed by atoms with Crippen molar-refractivity contribution < 1.29 is 13.2 Å². The molecule has 1 amide bonds. The summed E-state index contributed by atoms with van der Waals surface area (Å²) in [6.45, 7) is 5.29. The van der Waals surface area contributed by atoms with Gasteiger partial charge in [-0.25, -0.2) is 18.1 Å². The Balaban J connectivity index is 1.76.